The number of alkyl halides is 6. The van der Waals surface area contributed by atoms with Crippen molar-refractivity contribution in [3.63, 3.8) is 0 Å². The molecular formula is C17H13F6NO3. The fourth-order valence-corrected chi connectivity index (χ4v) is 2.06. The number of carbonyl (C=O) groups excluding carboxylic acids is 1. The molecule has 0 aromatic heterocycles. The largest absolute Gasteiger partial charge is 0.497 e. The van der Waals surface area contributed by atoms with E-state index >= 15 is 0 Å². The average molecular weight is 393 g/mol. The number of nitrogens with one attached hydrogen (secondary N) is 1. The summed E-state index contributed by atoms with van der Waals surface area (Å²) < 4.78 is 86.9. The van der Waals surface area contributed by atoms with Crippen molar-refractivity contribution < 1.29 is 40.6 Å². The number of anilines is 1. The van der Waals surface area contributed by atoms with E-state index < -0.39 is 41.7 Å². The van der Waals surface area contributed by atoms with E-state index in [4.69, 9.17) is 9.47 Å². The molecule has 10 heteroatoms. The molecule has 0 atom stereocenters. The van der Waals surface area contributed by atoms with Gasteiger partial charge < -0.3 is 14.8 Å². The number of benzene rings is 2. The van der Waals surface area contributed by atoms with E-state index in [1.165, 1.54) is 19.2 Å². The van der Waals surface area contributed by atoms with Crippen molar-refractivity contribution in [2.45, 2.75) is 12.4 Å². The molecule has 0 aliphatic heterocycles. The van der Waals surface area contributed by atoms with Crippen LogP contribution in [0.1, 0.15) is 11.1 Å². The molecule has 0 saturated heterocycles. The Morgan fingerprint density at radius 3 is 2.00 bits per heavy atom. The van der Waals surface area contributed by atoms with E-state index in [2.05, 4.69) is 0 Å². The zero-order chi connectivity index (χ0) is 20.2. The number of rotatable bonds is 5. The zero-order valence-electron chi connectivity index (χ0n) is 13.7. The second-order valence-corrected chi connectivity index (χ2v) is 5.31. The molecule has 4 nitrogen and oxygen atoms in total. The van der Waals surface area contributed by atoms with Crippen molar-refractivity contribution in [2.75, 3.05) is 19.0 Å². The number of halogens is 6. The Morgan fingerprint density at radius 1 is 0.926 bits per heavy atom. The van der Waals surface area contributed by atoms with Gasteiger partial charge in [-0.25, -0.2) is 0 Å². The third-order valence-corrected chi connectivity index (χ3v) is 3.28. The summed E-state index contributed by atoms with van der Waals surface area (Å²) in [7, 11) is 1.41. The number of methoxy groups -OCH3 is 1. The fraction of sp³-hybridized carbons (Fsp3) is 0.235. The topological polar surface area (TPSA) is 47.6 Å². The van der Waals surface area contributed by atoms with E-state index in [0.717, 1.165) is 0 Å². The highest BCUT2D eigenvalue weighted by Crippen LogP contribution is 2.37. The lowest BCUT2D eigenvalue weighted by Gasteiger charge is -2.15. The van der Waals surface area contributed by atoms with E-state index in [1.54, 1.807) is 12.1 Å². The first-order valence-electron chi connectivity index (χ1n) is 7.35. The van der Waals surface area contributed by atoms with Crippen LogP contribution in [0.4, 0.5) is 32.0 Å². The van der Waals surface area contributed by atoms with E-state index in [1.807, 2.05) is 5.32 Å². The normalized spacial score (nSPS) is 11.8. The summed E-state index contributed by atoms with van der Waals surface area (Å²) in [4.78, 5) is 11.8. The predicted molar refractivity (Wildman–Crippen MR) is 83.6 cm³/mol. The van der Waals surface area contributed by atoms with Crippen molar-refractivity contribution in [3.8, 4) is 11.5 Å². The van der Waals surface area contributed by atoms with Crippen LogP contribution in [0, 0.1) is 0 Å². The lowest BCUT2D eigenvalue weighted by Crippen LogP contribution is -2.21. The standard InChI is InChI=1S/C17H13F6NO3/c1-26-13-3-2-4-14(8-13)27-9-15(25)24-12-6-10(16(18,19)20)5-11(7-12)17(21,22)23/h2-8H,9H2,1H3,(H,24,25). The summed E-state index contributed by atoms with van der Waals surface area (Å²) in [5, 5.41) is 1.97. The Morgan fingerprint density at radius 2 is 1.48 bits per heavy atom. The van der Waals surface area contributed by atoms with E-state index in [9.17, 15) is 31.1 Å². The highest BCUT2D eigenvalue weighted by atomic mass is 19.4. The van der Waals surface area contributed by atoms with Crippen LogP contribution in [0.25, 0.3) is 0 Å². The van der Waals surface area contributed by atoms with Crippen LogP contribution in [0.3, 0.4) is 0 Å². The maximum Gasteiger partial charge on any atom is 0.416 e. The Kier molecular flexibility index (Phi) is 5.87. The van der Waals surface area contributed by atoms with Gasteiger partial charge in [0.05, 0.1) is 18.2 Å². The Bertz CT molecular complexity index is 785. The monoisotopic (exact) mass is 393 g/mol. The molecule has 0 fully saturated rings. The number of carbonyl (C=O) groups is 1. The lowest BCUT2D eigenvalue weighted by atomic mass is 10.1. The van der Waals surface area contributed by atoms with Crippen LogP contribution in [-0.2, 0) is 17.1 Å². The molecule has 0 radical (unpaired) electrons. The maximum atomic E-state index is 12.8. The molecule has 2 rings (SSSR count). The van der Waals surface area contributed by atoms with Gasteiger partial charge in [-0.05, 0) is 30.3 Å². The van der Waals surface area contributed by atoms with Gasteiger partial charge in [0.2, 0.25) is 0 Å². The van der Waals surface area contributed by atoms with Crippen LogP contribution in [0.2, 0.25) is 0 Å². The molecule has 0 aliphatic carbocycles. The number of hydrogen-bond donors (Lipinski definition) is 1. The Hall–Kier alpha value is -2.91. The van der Waals surface area contributed by atoms with Crippen LogP contribution in [0.5, 0.6) is 11.5 Å². The van der Waals surface area contributed by atoms with Gasteiger partial charge in [-0.3, -0.25) is 4.79 Å². The quantitative estimate of drug-likeness (QED) is 0.746. The van der Waals surface area contributed by atoms with Crippen molar-refractivity contribution in [3.05, 3.63) is 53.6 Å². The number of ether oxygens (including phenoxy) is 2. The van der Waals surface area contributed by atoms with Crippen LogP contribution < -0.4 is 14.8 Å². The van der Waals surface area contributed by atoms with Crippen LogP contribution in [0.15, 0.2) is 42.5 Å². The van der Waals surface area contributed by atoms with Gasteiger partial charge in [0.25, 0.3) is 5.91 Å². The van der Waals surface area contributed by atoms with Crippen molar-refractivity contribution in [1.29, 1.82) is 0 Å². The molecular weight excluding hydrogens is 380 g/mol. The molecule has 0 spiro atoms. The second-order valence-electron chi connectivity index (χ2n) is 5.31. The first kappa shape index (κ1) is 20.4. The molecule has 2 aromatic carbocycles. The van der Waals surface area contributed by atoms with Crippen LogP contribution in [-0.4, -0.2) is 19.6 Å². The summed E-state index contributed by atoms with van der Waals surface area (Å²) in [6.07, 6.45) is -10.0. The minimum atomic E-state index is -5.00. The molecule has 0 saturated carbocycles. The van der Waals surface area contributed by atoms with Gasteiger partial charge >= 0.3 is 12.4 Å². The molecule has 0 aliphatic rings. The maximum absolute atomic E-state index is 12.8. The van der Waals surface area contributed by atoms with Crippen LogP contribution >= 0.6 is 0 Å². The molecule has 1 N–H and O–H groups in total. The summed E-state index contributed by atoms with van der Waals surface area (Å²) in [6, 6.07) is 6.96. The van der Waals surface area contributed by atoms with Gasteiger partial charge in [0, 0.05) is 11.8 Å². The third-order valence-electron chi connectivity index (χ3n) is 3.28. The minimum Gasteiger partial charge on any atom is -0.497 e. The SMILES string of the molecule is COc1cccc(OCC(=O)Nc2cc(C(F)(F)F)cc(C(F)(F)F)c2)c1. The zero-order valence-corrected chi connectivity index (χ0v) is 13.7. The highest BCUT2D eigenvalue weighted by molar-refractivity contribution is 5.92. The first-order valence-corrected chi connectivity index (χ1v) is 7.35. The first-order chi connectivity index (χ1) is 12.5. The Labute approximate surface area is 149 Å². The number of hydrogen-bond acceptors (Lipinski definition) is 3. The summed E-state index contributed by atoms with van der Waals surface area (Å²) in [5.41, 5.74) is -3.70. The Balaban J connectivity index is 2.14. The smallest absolute Gasteiger partial charge is 0.416 e. The van der Waals surface area contributed by atoms with Gasteiger partial charge in [0.1, 0.15) is 11.5 Å². The summed E-state index contributed by atoms with van der Waals surface area (Å²) in [5.74, 6) is -0.240. The average Bonchev–Trinajstić information content (AvgIpc) is 2.58. The minimum absolute atomic E-state index is 0.0254. The molecule has 146 valence electrons. The van der Waals surface area contributed by atoms with Gasteiger partial charge in [-0.1, -0.05) is 6.07 Å². The molecule has 1 amide bonds. The van der Waals surface area contributed by atoms with Crippen molar-refractivity contribution in [1.82, 2.24) is 0 Å². The predicted octanol–water partition coefficient (Wildman–Crippen LogP) is 4.75. The third kappa shape index (κ3) is 5.80. The van der Waals surface area contributed by atoms with E-state index in [0.29, 0.717) is 17.9 Å². The van der Waals surface area contributed by atoms with Gasteiger partial charge in [-0.15, -0.1) is 0 Å². The lowest BCUT2D eigenvalue weighted by molar-refractivity contribution is -0.143. The molecule has 2 aromatic rings. The summed E-state index contributed by atoms with van der Waals surface area (Å²) in [6.45, 7) is -0.620. The molecule has 27 heavy (non-hydrogen) atoms. The van der Waals surface area contributed by atoms with Crippen molar-refractivity contribution >= 4 is 11.6 Å². The number of amides is 1. The van der Waals surface area contributed by atoms with Gasteiger partial charge in [0.15, 0.2) is 6.61 Å². The highest BCUT2D eigenvalue weighted by Gasteiger charge is 2.37. The second kappa shape index (κ2) is 7.77. The summed E-state index contributed by atoms with van der Waals surface area (Å²) >= 11 is 0. The molecule has 0 heterocycles. The molecule has 0 bridgehead atoms. The molecule has 0 unspecified atom stereocenters. The van der Waals surface area contributed by atoms with E-state index in [-0.39, 0.29) is 11.8 Å². The fourth-order valence-electron chi connectivity index (χ4n) is 2.06. The van der Waals surface area contributed by atoms with Crippen molar-refractivity contribution in [2.24, 2.45) is 0 Å². The van der Waals surface area contributed by atoms with Gasteiger partial charge in [-0.2, -0.15) is 26.3 Å².